The Balaban J connectivity index is 1.94. The fraction of sp³-hybridized carbons (Fsp3) is 0.300. The van der Waals surface area contributed by atoms with E-state index in [0.717, 1.165) is 11.1 Å². The van der Waals surface area contributed by atoms with Gasteiger partial charge in [0.1, 0.15) is 6.61 Å². The maximum atomic E-state index is 11.7. The maximum absolute atomic E-state index is 11.7. The van der Waals surface area contributed by atoms with Crippen LogP contribution < -0.4 is 14.8 Å². The van der Waals surface area contributed by atoms with Gasteiger partial charge < -0.3 is 14.2 Å². The summed E-state index contributed by atoms with van der Waals surface area (Å²) in [6.07, 6.45) is -0.769. The van der Waals surface area contributed by atoms with Gasteiger partial charge in [-0.1, -0.05) is 36.4 Å². The SMILES string of the molecule is COC(=O)NC(=O)CN(C)Cc1ccc(OCc2ccccc2)c(OC)c1. The number of benzene rings is 2. The fourth-order valence-corrected chi connectivity index (χ4v) is 2.48. The molecule has 0 fully saturated rings. The van der Waals surface area contributed by atoms with Gasteiger partial charge in [0.05, 0.1) is 20.8 Å². The topological polar surface area (TPSA) is 77.1 Å². The maximum Gasteiger partial charge on any atom is 0.413 e. The molecule has 0 spiro atoms. The number of ether oxygens (including phenoxy) is 3. The number of alkyl carbamates (subject to hydrolysis) is 1. The van der Waals surface area contributed by atoms with E-state index < -0.39 is 12.0 Å². The predicted octanol–water partition coefficient (Wildman–Crippen LogP) is 2.59. The summed E-state index contributed by atoms with van der Waals surface area (Å²) in [4.78, 5) is 24.5. The van der Waals surface area contributed by atoms with E-state index in [0.29, 0.717) is 24.7 Å². The molecule has 0 radical (unpaired) electrons. The molecule has 7 nitrogen and oxygen atoms in total. The van der Waals surface area contributed by atoms with E-state index in [4.69, 9.17) is 9.47 Å². The molecule has 27 heavy (non-hydrogen) atoms. The van der Waals surface area contributed by atoms with Gasteiger partial charge in [-0.3, -0.25) is 15.0 Å². The molecule has 7 heteroatoms. The zero-order valence-corrected chi connectivity index (χ0v) is 15.7. The Morgan fingerprint density at radius 3 is 2.41 bits per heavy atom. The Morgan fingerprint density at radius 2 is 1.74 bits per heavy atom. The van der Waals surface area contributed by atoms with E-state index in [-0.39, 0.29) is 6.54 Å². The molecular formula is C20H24N2O5. The number of methoxy groups -OCH3 is 2. The summed E-state index contributed by atoms with van der Waals surface area (Å²) in [5.74, 6) is 0.839. The van der Waals surface area contributed by atoms with E-state index in [1.165, 1.54) is 7.11 Å². The molecule has 2 amide bonds. The van der Waals surface area contributed by atoms with Crippen molar-refractivity contribution in [3.8, 4) is 11.5 Å². The van der Waals surface area contributed by atoms with Crippen molar-refractivity contribution < 1.29 is 23.8 Å². The normalized spacial score (nSPS) is 10.4. The number of nitrogens with zero attached hydrogens (tertiary/aromatic N) is 1. The lowest BCUT2D eigenvalue weighted by atomic mass is 10.2. The lowest BCUT2D eigenvalue weighted by molar-refractivity contribution is -0.121. The van der Waals surface area contributed by atoms with Gasteiger partial charge in [0.2, 0.25) is 5.91 Å². The minimum absolute atomic E-state index is 0.0592. The molecular weight excluding hydrogens is 348 g/mol. The van der Waals surface area contributed by atoms with Crippen molar-refractivity contribution in [1.29, 1.82) is 0 Å². The van der Waals surface area contributed by atoms with Gasteiger partial charge in [-0.2, -0.15) is 0 Å². The molecule has 0 saturated heterocycles. The number of likely N-dealkylation sites (N-methyl/N-ethyl adjacent to an activating group) is 1. The van der Waals surface area contributed by atoms with Crippen LogP contribution in [0.15, 0.2) is 48.5 Å². The largest absolute Gasteiger partial charge is 0.493 e. The zero-order chi connectivity index (χ0) is 19.6. The first kappa shape index (κ1) is 20.3. The molecule has 0 aromatic heterocycles. The second kappa shape index (κ2) is 10.2. The first-order chi connectivity index (χ1) is 13.0. The molecule has 0 aliphatic carbocycles. The van der Waals surface area contributed by atoms with Gasteiger partial charge in [0.15, 0.2) is 11.5 Å². The van der Waals surface area contributed by atoms with E-state index in [1.807, 2.05) is 48.5 Å². The van der Waals surface area contributed by atoms with Gasteiger partial charge in [-0.05, 0) is 30.3 Å². The smallest absolute Gasteiger partial charge is 0.413 e. The van der Waals surface area contributed by atoms with E-state index in [2.05, 4.69) is 10.1 Å². The Hall–Kier alpha value is -3.06. The van der Waals surface area contributed by atoms with Gasteiger partial charge in [0.25, 0.3) is 0 Å². The Morgan fingerprint density at radius 1 is 1.00 bits per heavy atom. The fourth-order valence-electron chi connectivity index (χ4n) is 2.48. The summed E-state index contributed by atoms with van der Waals surface area (Å²) in [7, 11) is 4.57. The van der Waals surface area contributed by atoms with E-state index in [1.54, 1.807) is 19.1 Å². The van der Waals surface area contributed by atoms with Crippen molar-refractivity contribution >= 4 is 12.0 Å². The number of amides is 2. The van der Waals surface area contributed by atoms with E-state index in [9.17, 15) is 9.59 Å². The van der Waals surface area contributed by atoms with Crippen molar-refractivity contribution in [2.75, 3.05) is 27.8 Å². The third kappa shape index (κ3) is 6.63. The van der Waals surface area contributed by atoms with Crippen molar-refractivity contribution in [1.82, 2.24) is 10.2 Å². The molecule has 2 aromatic carbocycles. The van der Waals surface area contributed by atoms with Crippen LogP contribution in [0.25, 0.3) is 0 Å². The van der Waals surface area contributed by atoms with Crippen molar-refractivity contribution in [2.24, 2.45) is 0 Å². The lowest BCUT2D eigenvalue weighted by Crippen LogP contribution is -2.38. The molecule has 1 N–H and O–H groups in total. The van der Waals surface area contributed by atoms with Crippen LogP contribution in [0.3, 0.4) is 0 Å². The molecule has 2 aromatic rings. The highest BCUT2D eigenvalue weighted by atomic mass is 16.5. The van der Waals surface area contributed by atoms with Crippen LogP contribution in [0.5, 0.6) is 11.5 Å². The molecule has 0 aliphatic rings. The molecule has 0 saturated carbocycles. The third-order valence-corrected chi connectivity index (χ3v) is 3.76. The summed E-state index contributed by atoms with van der Waals surface area (Å²) < 4.78 is 15.7. The predicted molar refractivity (Wildman–Crippen MR) is 101 cm³/mol. The van der Waals surface area contributed by atoms with Crippen LogP contribution in [-0.2, 0) is 22.7 Å². The molecule has 2 rings (SSSR count). The van der Waals surface area contributed by atoms with Gasteiger partial charge >= 0.3 is 6.09 Å². The van der Waals surface area contributed by atoms with Gasteiger partial charge in [-0.15, -0.1) is 0 Å². The summed E-state index contributed by atoms with van der Waals surface area (Å²) in [5, 5.41) is 2.12. The second-order valence-corrected chi connectivity index (χ2v) is 5.97. The lowest BCUT2D eigenvalue weighted by Gasteiger charge is -2.17. The minimum Gasteiger partial charge on any atom is -0.493 e. The molecule has 0 unspecified atom stereocenters. The first-order valence-corrected chi connectivity index (χ1v) is 8.41. The van der Waals surface area contributed by atoms with Gasteiger partial charge in [-0.25, -0.2) is 4.79 Å². The standard InChI is InChI=1S/C20H24N2O5/c1-22(13-19(23)21-20(24)26-3)12-16-9-10-17(18(11-16)25-2)27-14-15-7-5-4-6-8-15/h4-11H,12-14H2,1-3H3,(H,21,23,24). The molecule has 0 heterocycles. The summed E-state index contributed by atoms with van der Waals surface area (Å²) >= 11 is 0. The van der Waals surface area contributed by atoms with E-state index >= 15 is 0 Å². The monoisotopic (exact) mass is 372 g/mol. The quantitative estimate of drug-likeness (QED) is 0.768. The first-order valence-electron chi connectivity index (χ1n) is 8.41. The van der Waals surface area contributed by atoms with Crippen LogP contribution >= 0.6 is 0 Å². The molecule has 144 valence electrons. The highest BCUT2D eigenvalue weighted by Crippen LogP contribution is 2.29. The zero-order valence-electron chi connectivity index (χ0n) is 15.7. The summed E-state index contributed by atoms with van der Waals surface area (Å²) in [6.45, 7) is 1.01. The molecule has 0 aliphatic heterocycles. The number of nitrogens with one attached hydrogen (secondary N) is 1. The molecule has 0 atom stereocenters. The second-order valence-electron chi connectivity index (χ2n) is 5.97. The highest BCUT2D eigenvalue weighted by Gasteiger charge is 2.12. The third-order valence-electron chi connectivity index (χ3n) is 3.76. The highest BCUT2D eigenvalue weighted by molar-refractivity contribution is 5.92. The number of hydrogen-bond donors (Lipinski definition) is 1. The number of imide groups is 1. The van der Waals surface area contributed by atoms with Crippen LogP contribution in [0.1, 0.15) is 11.1 Å². The number of carbonyl (C=O) groups excluding carboxylic acids is 2. The Kier molecular flexibility index (Phi) is 7.63. The average Bonchev–Trinajstić information content (AvgIpc) is 2.67. The van der Waals surface area contributed by atoms with Crippen LogP contribution in [0.4, 0.5) is 4.79 Å². The van der Waals surface area contributed by atoms with Gasteiger partial charge in [0, 0.05) is 6.54 Å². The number of carbonyl (C=O) groups is 2. The van der Waals surface area contributed by atoms with Crippen LogP contribution in [-0.4, -0.2) is 44.7 Å². The number of hydrogen-bond acceptors (Lipinski definition) is 6. The van der Waals surface area contributed by atoms with Crippen LogP contribution in [0, 0.1) is 0 Å². The number of rotatable bonds is 8. The van der Waals surface area contributed by atoms with Crippen molar-refractivity contribution in [3.05, 3.63) is 59.7 Å². The summed E-state index contributed by atoms with van der Waals surface area (Å²) in [6, 6.07) is 15.5. The summed E-state index contributed by atoms with van der Waals surface area (Å²) in [5.41, 5.74) is 2.02. The average molecular weight is 372 g/mol. The Bertz CT molecular complexity index is 764. The minimum atomic E-state index is -0.769. The Labute approximate surface area is 158 Å². The molecule has 0 bridgehead atoms. The van der Waals surface area contributed by atoms with Crippen molar-refractivity contribution in [2.45, 2.75) is 13.2 Å². The van der Waals surface area contributed by atoms with Crippen LogP contribution in [0.2, 0.25) is 0 Å². The van der Waals surface area contributed by atoms with Crippen molar-refractivity contribution in [3.63, 3.8) is 0 Å².